The fraction of sp³-hybridized carbons (Fsp3) is 0.200. The highest BCUT2D eigenvalue weighted by molar-refractivity contribution is 5.90. The van der Waals surface area contributed by atoms with E-state index < -0.39 is 0 Å². The van der Waals surface area contributed by atoms with E-state index in [2.05, 4.69) is 11.1 Å². The van der Waals surface area contributed by atoms with E-state index in [0.717, 1.165) is 11.1 Å². The van der Waals surface area contributed by atoms with Gasteiger partial charge in [-0.25, -0.2) is 0 Å². The number of methoxy groups -OCH3 is 2. The Hall–Kier alpha value is -3.30. The van der Waals surface area contributed by atoms with Crippen molar-refractivity contribution in [2.45, 2.75) is 13.5 Å². The molecule has 0 bridgehead atoms. The Morgan fingerprint density at radius 1 is 1.12 bits per heavy atom. The van der Waals surface area contributed by atoms with E-state index >= 15 is 0 Å². The quantitative estimate of drug-likeness (QED) is 0.755. The van der Waals surface area contributed by atoms with E-state index in [4.69, 9.17) is 14.2 Å². The van der Waals surface area contributed by atoms with Gasteiger partial charge in [-0.3, -0.25) is 4.98 Å². The number of aromatic nitrogens is 1. The molecule has 0 spiro atoms. The number of pyridine rings is 1. The molecule has 0 fully saturated rings. The molecule has 0 aliphatic rings. The molecule has 0 radical (unpaired) electrons. The first kappa shape index (κ1) is 17.5. The van der Waals surface area contributed by atoms with Gasteiger partial charge < -0.3 is 19.3 Å². The van der Waals surface area contributed by atoms with Crippen LogP contribution < -0.4 is 14.2 Å². The van der Waals surface area contributed by atoms with Crippen molar-refractivity contribution in [3.8, 4) is 29.1 Å². The van der Waals surface area contributed by atoms with E-state index in [-0.39, 0.29) is 6.61 Å². The molecule has 0 aliphatic heterocycles. The minimum Gasteiger partial charge on any atom is -0.493 e. The average molecular weight is 350 g/mol. The molecule has 2 aromatic carbocycles. The van der Waals surface area contributed by atoms with Crippen molar-refractivity contribution in [2.75, 3.05) is 14.2 Å². The second-order valence-corrected chi connectivity index (χ2v) is 5.64. The van der Waals surface area contributed by atoms with E-state index in [0.29, 0.717) is 39.5 Å². The first-order valence-corrected chi connectivity index (χ1v) is 7.95. The molecule has 1 heterocycles. The molecule has 0 saturated carbocycles. The van der Waals surface area contributed by atoms with Gasteiger partial charge in [-0.05, 0) is 30.2 Å². The number of hydrogen-bond acceptors (Lipinski definition) is 6. The van der Waals surface area contributed by atoms with Crippen molar-refractivity contribution in [3.63, 3.8) is 0 Å². The van der Waals surface area contributed by atoms with Crippen LogP contribution >= 0.6 is 0 Å². The number of nitrogens with zero attached hydrogens (tertiary/aromatic N) is 2. The van der Waals surface area contributed by atoms with Crippen LogP contribution in [-0.2, 0) is 6.61 Å². The minimum atomic E-state index is -0.0870. The van der Waals surface area contributed by atoms with E-state index in [1.54, 1.807) is 38.5 Å². The Kier molecular flexibility index (Phi) is 4.92. The third-order valence-corrected chi connectivity index (χ3v) is 4.22. The number of benzene rings is 2. The predicted molar refractivity (Wildman–Crippen MR) is 96.7 cm³/mol. The van der Waals surface area contributed by atoms with Gasteiger partial charge in [-0.1, -0.05) is 12.1 Å². The summed E-state index contributed by atoms with van der Waals surface area (Å²) >= 11 is 0. The highest BCUT2D eigenvalue weighted by Gasteiger charge is 2.16. The van der Waals surface area contributed by atoms with E-state index in [1.807, 2.05) is 13.0 Å². The lowest BCUT2D eigenvalue weighted by Crippen LogP contribution is -1.98. The minimum absolute atomic E-state index is 0.0870. The number of ether oxygens (including phenoxy) is 3. The number of aliphatic hydroxyl groups is 1. The van der Waals surface area contributed by atoms with Gasteiger partial charge in [0.1, 0.15) is 17.4 Å². The highest BCUT2D eigenvalue weighted by atomic mass is 16.5. The summed E-state index contributed by atoms with van der Waals surface area (Å²) in [6.07, 6.45) is 1.47. The molecule has 6 nitrogen and oxygen atoms in total. The first-order chi connectivity index (χ1) is 12.6. The summed E-state index contributed by atoms with van der Waals surface area (Å²) in [6, 6.07) is 11.0. The largest absolute Gasteiger partial charge is 0.493 e. The number of fused-ring (bicyclic) bond motifs is 1. The maximum absolute atomic E-state index is 9.49. The van der Waals surface area contributed by atoms with Crippen molar-refractivity contribution >= 4 is 10.9 Å². The monoisotopic (exact) mass is 350 g/mol. The van der Waals surface area contributed by atoms with Crippen LogP contribution in [0.4, 0.5) is 0 Å². The second kappa shape index (κ2) is 7.30. The van der Waals surface area contributed by atoms with Gasteiger partial charge in [0, 0.05) is 17.6 Å². The lowest BCUT2D eigenvalue weighted by molar-refractivity contribution is 0.280. The number of nitriles is 1. The number of hydrogen-bond donors (Lipinski definition) is 1. The Morgan fingerprint density at radius 2 is 1.85 bits per heavy atom. The molecule has 0 amide bonds. The van der Waals surface area contributed by atoms with Crippen molar-refractivity contribution < 1.29 is 19.3 Å². The Balaban J connectivity index is 2.22. The molecule has 3 aromatic rings. The van der Waals surface area contributed by atoms with Crippen molar-refractivity contribution in [1.82, 2.24) is 4.98 Å². The summed E-state index contributed by atoms with van der Waals surface area (Å²) in [6.45, 7) is 1.77. The lowest BCUT2D eigenvalue weighted by Gasteiger charge is -2.15. The topological polar surface area (TPSA) is 84.6 Å². The van der Waals surface area contributed by atoms with Crippen LogP contribution in [0.5, 0.6) is 23.0 Å². The molecular formula is C20H18N2O4. The summed E-state index contributed by atoms with van der Waals surface area (Å²) in [4.78, 5) is 4.32. The third kappa shape index (κ3) is 3.01. The predicted octanol–water partition coefficient (Wildman–Crippen LogP) is 3.72. The van der Waals surface area contributed by atoms with Crippen LogP contribution in [0.25, 0.3) is 10.9 Å². The SMILES string of the molecule is COc1cc2ncc(C#N)c(Oc3cccc(CO)c3C)c2cc1OC. The normalized spacial score (nSPS) is 10.4. The zero-order chi connectivity index (χ0) is 18.7. The maximum Gasteiger partial charge on any atom is 0.162 e. The van der Waals surface area contributed by atoms with Gasteiger partial charge in [0.15, 0.2) is 17.2 Å². The molecule has 132 valence electrons. The number of rotatable bonds is 5. The van der Waals surface area contributed by atoms with Crippen LogP contribution in [0.3, 0.4) is 0 Å². The molecule has 0 saturated heterocycles. The van der Waals surface area contributed by atoms with Gasteiger partial charge in [0.05, 0.1) is 26.3 Å². The van der Waals surface area contributed by atoms with Gasteiger partial charge in [-0.15, -0.1) is 0 Å². The van der Waals surface area contributed by atoms with Crippen LogP contribution in [0, 0.1) is 18.3 Å². The Bertz CT molecular complexity index is 1010. The molecule has 0 atom stereocenters. The van der Waals surface area contributed by atoms with Crippen LogP contribution in [-0.4, -0.2) is 24.3 Å². The standard InChI is InChI=1S/C20H18N2O4/c1-12-13(11-23)5-4-6-17(12)26-20-14(9-21)10-22-16-8-19(25-3)18(24-2)7-15(16)20/h4-8,10,23H,11H2,1-3H3. The van der Waals surface area contributed by atoms with Gasteiger partial charge in [0.25, 0.3) is 0 Å². The molecule has 3 rings (SSSR count). The summed E-state index contributed by atoms with van der Waals surface area (Å²) in [5.74, 6) is 2.01. The average Bonchev–Trinajstić information content (AvgIpc) is 2.68. The summed E-state index contributed by atoms with van der Waals surface area (Å²) in [5.41, 5.74) is 2.49. The van der Waals surface area contributed by atoms with Gasteiger partial charge >= 0.3 is 0 Å². The summed E-state index contributed by atoms with van der Waals surface area (Å²) < 4.78 is 16.8. The summed E-state index contributed by atoms with van der Waals surface area (Å²) in [5, 5.41) is 19.6. The zero-order valence-electron chi connectivity index (χ0n) is 14.7. The number of aliphatic hydroxyl groups excluding tert-OH is 1. The molecule has 6 heteroatoms. The smallest absolute Gasteiger partial charge is 0.162 e. The highest BCUT2D eigenvalue weighted by Crippen LogP contribution is 2.39. The van der Waals surface area contributed by atoms with Gasteiger partial charge in [0.2, 0.25) is 0 Å². The maximum atomic E-state index is 9.49. The van der Waals surface area contributed by atoms with E-state index in [1.165, 1.54) is 6.20 Å². The summed E-state index contributed by atoms with van der Waals surface area (Å²) in [7, 11) is 3.09. The van der Waals surface area contributed by atoms with Crippen molar-refractivity contribution in [1.29, 1.82) is 5.26 Å². The van der Waals surface area contributed by atoms with E-state index in [9.17, 15) is 10.4 Å². The van der Waals surface area contributed by atoms with Crippen molar-refractivity contribution in [2.24, 2.45) is 0 Å². The van der Waals surface area contributed by atoms with Crippen LogP contribution in [0.15, 0.2) is 36.5 Å². The molecule has 0 unspecified atom stereocenters. The van der Waals surface area contributed by atoms with Crippen LogP contribution in [0.2, 0.25) is 0 Å². The first-order valence-electron chi connectivity index (χ1n) is 7.95. The zero-order valence-corrected chi connectivity index (χ0v) is 14.7. The van der Waals surface area contributed by atoms with Crippen LogP contribution in [0.1, 0.15) is 16.7 Å². The molecule has 26 heavy (non-hydrogen) atoms. The fourth-order valence-corrected chi connectivity index (χ4v) is 2.74. The third-order valence-electron chi connectivity index (χ3n) is 4.22. The molecule has 1 N–H and O–H groups in total. The Morgan fingerprint density at radius 3 is 2.50 bits per heavy atom. The fourth-order valence-electron chi connectivity index (χ4n) is 2.74. The Labute approximate surface area is 151 Å². The second-order valence-electron chi connectivity index (χ2n) is 5.64. The lowest BCUT2D eigenvalue weighted by atomic mass is 10.1. The molecule has 1 aromatic heterocycles. The van der Waals surface area contributed by atoms with Gasteiger partial charge in [-0.2, -0.15) is 5.26 Å². The molecular weight excluding hydrogens is 332 g/mol. The molecule has 0 aliphatic carbocycles. The van der Waals surface area contributed by atoms with Crippen molar-refractivity contribution in [3.05, 3.63) is 53.2 Å².